The van der Waals surface area contributed by atoms with E-state index in [1.807, 2.05) is 43.0 Å². The van der Waals surface area contributed by atoms with Crippen molar-refractivity contribution >= 4 is 23.3 Å². The van der Waals surface area contributed by atoms with E-state index in [9.17, 15) is 9.59 Å². The number of carbonyl (C=O) groups is 2. The van der Waals surface area contributed by atoms with Gasteiger partial charge in [-0.15, -0.1) is 0 Å². The Balaban J connectivity index is 2.57. The number of esters is 1. The van der Waals surface area contributed by atoms with Crippen molar-refractivity contribution in [3.8, 4) is 0 Å². The molecule has 1 aromatic carbocycles. The molecule has 0 saturated heterocycles. The van der Waals surface area contributed by atoms with Crippen LogP contribution in [0.4, 0.5) is 11.4 Å². The van der Waals surface area contributed by atoms with Crippen LogP contribution in [0.2, 0.25) is 0 Å². The zero-order valence-corrected chi connectivity index (χ0v) is 12.8. The summed E-state index contributed by atoms with van der Waals surface area (Å²) < 4.78 is 5.21. The Bertz CT molecular complexity index is 544. The predicted octanol–water partition coefficient (Wildman–Crippen LogP) is 2.57. The van der Waals surface area contributed by atoms with Gasteiger partial charge in [-0.05, 0) is 32.4 Å². The smallest absolute Gasteiger partial charge is 0.341 e. The van der Waals surface area contributed by atoms with Crippen molar-refractivity contribution in [2.24, 2.45) is 0 Å². The van der Waals surface area contributed by atoms with E-state index in [1.54, 1.807) is 6.92 Å². The van der Waals surface area contributed by atoms with E-state index in [4.69, 9.17) is 4.74 Å². The van der Waals surface area contributed by atoms with Gasteiger partial charge in [0.05, 0.1) is 18.0 Å². The number of amides is 1. The second-order valence-electron chi connectivity index (χ2n) is 5.05. The molecule has 2 rings (SSSR count). The first-order valence-electron chi connectivity index (χ1n) is 7.47. The monoisotopic (exact) mass is 290 g/mol. The minimum absolute atomic E-state index is 0.261. The first-order chi connectivity index (χ1) is 10.1. The lowest BCUT2D eigenvalue weighted by Crippen LogP contribution is -2.65. The molecule has 0 aliphatic carbocycles. The van der Waals surface area contributed by atoms with Gasteiger partial charge in [-0.2, -0.15) is 0 Å². The van der Waals surface area contributed by atoms with Crippen LogP contribution in [0.3, 0.4) is 0 Å². The van der Waals surface area contributed by atoms with Crippen LogP contribution >= 0.6 is 0 Å². The van der Waals surface area contributed by atoms with E-state index in [1.165, 1.54) is 0 Å². The first kappa shape index (κ1) is 15.4. The average Bonchev–Trinajstić information content (AvgIpc) is 2.48. The molecule has 1 unspecified atom stereocenters. The average molecular weight is 290 g/mol. The number of carbonyl (C=O) groups excluding carboxylic acids is 2. The fourth-order valence-electron chi connectivity index (χ4n) is 2.97. The van der Waals surface area contributed by atoms with Crippen LogP contribution in [-0.4, -0.2) is 30.6 Å². The molecule has 1 amide bonds. The largest absolute Gasteiger partial charge is 0.464 e. The highest BCUT2D eigenvalue weighted by atomic mass is 16.5. The number of rotatable bonds is 5. The Hall–Kier alpha value is -2.04. The van der Waals surface area contributed by atoms with Gasteiger partial charge < -0.3 is 15.0 Å². The Morgan fingerprint density at radius 1 is 1.29 bits per heavy atom. The van der Waals surface area contributed by atoms with E-state index in [0.717, 1.165) is 11.4 Å². The van der Waals surface area contributed by atoms with Crippen molar-refractivity contribution in [3.05, 3.63) is 24.3 Å². The van der Waals surface area contributed by atoms with Gasteiger partial charge in [0.25, 0.3) is 5.91 Å². The molecule has 0 saturated carbocycles. The number of hydrogen-bond donors (Lipinski definition) is 1. The van der Waals surface area contributed by atoms with Crippen molar-refractivity contribution in [3.63, 3.8) is 0 Å². The van der Waals surface area contributed by atoms with Gasteiger partial charge in [0, 0.05) is 6.54 Å². The summed E-state index contributed by atoms with van der Waals surface area (Å²) in [5.41, 5.74) is 0.329. The van der Waals surface area contributed by atoms with Gasteiger partial charge in [-0.3, -0.25) is 4.79 Å². The molecule has 0 aromatic heterocycles. The van der Waals surface area contributed by atoms with Gasteiger partial charge in [0.2, 0.25) is 5.54 Å². The minimum atomic E-state index is -1.27. The third-order valence-corrected chi connectivity index (χ3v) is 3.82. The van der Waals surface area contributed by atoms with E-state index in [2.05, 4.69) is 5.32 Å². The van der Waals surface area contributed by atoms with Crippen LogP contribution in [0, 0.1) is 0 Å². The topological polar surface area (TPSA) is 58.6 Å². The second-order valence-corrected chi connectivity index (χ2v) is 5.05. The molecular formula is C16H22N2O3. The fraction of sp³-hybridized carbons (Fsp3) is 0.500. The summed E-state index contributed by atoms with van der Waals surface area (Å²) >= 11 is 0. The van der Waals surface area contributed by atoms with Gasteiger partial charge in [0.1, 0.15) is 0 Å². The lowest BCUT2D eigenvalue weighted by molar-refractivity contribution is -0.153. The van der Waals surface area contributed by atoms with Crippen LogP contribution in [-0.2, 0) is 14.3 Å². The zero-order chi connectivity index (χ0) is 15.5. The van der Waals surface area contributed by atoms with Gasteiger partial charge in [-0.25, -0.2) is 4.79 Å². The van der Waals surface area contributed by atoms with E-state index in [0.29, 0.717) is 19.4 Å². The first-order valence-corrected chi connectivity index (χ1v) is 7.47. The second kappa shape index (κ2) is 6.16. The van der Waals surface area contributed by atoms with E-state index < -0.39 is 11.5 Å². The SMILES string of the molecule is CCCC1(C(=O)OCC)C(=O)Nc2ccccc2N1CC. The lowest BCUT2D eigenvalue weighted by atomic mass is 9.87. The molecule has 0 fully saturated rings. The number of ether oxygens (including phenoxy) is 1. The molecule has 0 radical (unpaired) electrons. The summed E-state index contributed by atoms with van der Waals surface area (Å²) in [6.45, 7) is 6.48. The summed E-state index contributed by atoms with van der Waals surface area (Å²) in [5, 5.41) is 2.86. The van der Waals surface area contributed by atoms with Gasteiger partial charge in [0.15, 0.2) is 0 Å². The quantitative estimate of drug-likeness (QED) is 0.669. The zero-order valence-electron chi connectivity index (χ0n) is 12.8. The maximum Gasteiger partial charge on any atom is 0.341 e. The van der Waals surface area contributed by atoms with Crippen molar-refractivity contribution in [1.29, 1.82) is 0 Å². The fourth-order valence-corrected chi connectivity index (χ4v) is 2.97. The van der Waals surface area contributed by atoms with Crippen LogP contribution < -0.4 is 10.2 Å². The van der Waals surface area contributed by atoms with Crippen LogP contribution in [0.25, 0.3) is 0 Å². The third kappa shape index (κ3) is 2.37. The number of hydrogen-bond acceptors (Lipinski definition) is 4. The Kier molecular flexibility index (Phi) is 4.50. The normalized spacial score (nSPS) is 20.7. The molecule has 5 nitrogen and oxygen atoms in total. The van der Waals surface area contributed by atoms with Crippen molar-refractivity contribution in [2.45, 2.75) is 39.2 Å². The van der Waals surface area contributed by atoms with Crippen molar-refractivity contribution in [1.82, 2.24) is 0 Å². The number of nitrogens with one attached hydrogen (secondary N) is 1. The standard InChI is InChI=1S/C16H22N2O3/c1-4-11-16(15(20)21-6-3)14(19)17-12-9-7-8-10-13(12)18(16)5-2/h7-10H,4-6,11H2,1-3H3,(H,17,19). The van der Waals surface area contributed by atoms with Crippen LogP contribution in [0.15, 0.2) is 24.3 Å². The molecule has 21 heavy (non-hydrogen) atoms. The number of benzene rings is 1. The highest BCUT2D eigenvalue weighted by Gasteiger charge is 2.54. The Morgan fingerprint density at radius 3 is 2.62 bits per heavy atom. The molecule has 5 heteroatoms. The van der Waals surface area contributed by atoms with E-state index >= 15 is 0 Å². The highest BCUT2D eigenvalue weighted by Crippen LogP contribution is 2.39. The number of likely N-dealkylation sites (N-methyl/N-ethyl adjacent to an activating group) is 1. The van der Waals surface area contributed by atoms with Crippen LogP contribution in [0.5, 0.6) is 0 Å². The number of para-hydroxylation sites is 2. The summed E-state index contributed by atoms with van der Waals surface area (Å²) in [7, 11) is 0. The molecule has 0 bridgehead atoms. The predicted molar refractivity (Wildman–Crippen MR) is 82.4 cm³/mol. The maximum atomic E-state index is 12.7. The molecule has 114 valence electrons. The summed E-state index contributed by atoms with van der Waals surface area (Å²) in [4.78, 5) is 27.1. The third-order valence-electron chi connectivity index (χ3n) is 3.82. The molecule has 1 N–H and O–H groups in total. The number of nitrogens with zero attached hydrogens (tertiary/aromatic N) is 1. The summed E-state index contributed by atoms with van der Waals surface area (Å²) in [6.07, 6.45) is 1.14. The molecule has 1 heterocycles. The van der Waals surface area contributed by atoms with Gasteiger partial charge in [-0.1, -0.05) is 25.5 Å². The molecule has 0 spiro atoms. The van der Waals surface area contributed by atoms with Crippen LogP contribution in [0.1, 0.15) is 33.6 Å². The molecular weight excluding hydrogens is 268 g/mol. The Morgan fingerprint density at radius 2 is 2.00 bits per heavy atom. The maximum absolute atomic E-state index is 12.7. The molecule has 1 aliphatic rings. The molecule has 1 aliphatic heterocycles. The number of fused-ring (bicyclic) bond motifs is 1. The van der Waals surface area contributed by atoms with Crippen molar-refractivity contribution < 1.29 is 14.3 Å². The minimum Gasteiger partial charge on any atom is -0.464 e. The summed E-state index contributed by atoms with van der Waals surface area (Å²) in [5.74, 6) is -0.774. The van der Waals surface area contributed by atoms with Crippen molar-refractivity contribution in [2.75, 3.05) is 23.4 Å². The Labute approximate surface area is 125 Å². The summed E-state index contributed by atoms with van der Waals surface area (Å²) in [6, 6.07) is 7.53. The molecule has 1 atom stereocenters. The highest BCUT2D eigenvalue weighted by molar-refractivity contribution is 6.19. The van der Waals surface area contributed by atoms with E-state index in [-0.39, 0.29) is 12.5 Å². The number of anilines is 2. The van der Waals surface area contributed by atoms with Gasteiger partial charge >= 0.3 is 5.97 Å². The lowest BCUT2D eigenvalue weighted by Gasteiger charge is -2.45. The molecule has 1 aromatic rings.